The summed E-state index contributed by atoms with van der Waals surface area (Å²) in [4.78, 5) is 0. The Labute approximate surface area is 116 Å². The van der Waals surface area contributed by atoms with Gasteiger partial charge in [0.05, 0.1) is 0 Å². The van der Waals surface area contributed by atoms with Crippen LogP contribution in [0.3, 0.4) is 0 Å². The van der Waals surface area contributed by atoms with Gasteiger partial charge in [0, 0.05) is 11.5 Å². The van der Waals surface area contributed by atoms with E-state index in [1.54, 1.807) is 0 Å². The van der Waals surface area contributed by atoms with Gasteiger partial charge in [-0.25, -0.2) is 0 Å². The highest BCUT2D eigenvalue weighted by molar-refractivity contribution is 5.62. The van der Waals surface area contributed by atoms with Gasteiger partial charge in [0.1, 0.15) is 11.4 Å². The predicted octanol–water partition coefficient (Wildman–Crippen LogP) is 4.67. The Morgan fingerprint density at radius 2 is 1.63 bits per heavy atom. The first-order valence-corrected chi connectivity index (χ1v) is 7.06. The molecule has 0 aromatic heterocycles. The van der Waals surface area contributed by atoms with Crippen molar-refractivity contribution in [3.63, 3.8) is 0 Å². The molecule has 1 heterocycles. The Hall–Kier alpha value is -1.50. The van der Waals surface area contributed by atoms with Crippen LogP contribution in [-0.4, -0.2) is 5.60 Å². The number of ether oxygens (including phenoxy) is 1. The Morgan fingerprint density at radius 1 is 1.00 bits per heavy atom. The molecule has 3 rings (SSSR count). The molecule has 1 aromatic rings. The third kappa shape index (κ3) is 1.47. The van der Waals surface area contributed by atoms with E-state index in [2.05, 4.69) is 59.8 Å². The zero-order valence-electron chi connectivity index (χ0n) is 12.7. The molecule has 100 valence electrons. The minimum Gasteiger partial charge on any atom is -0.478 e. The highest BCUT2D eigenvalue weighted by atomic mass is 16.5. The van der Waals surface area contributed by atoms with Crippen molar-refractivity contribution < 1.29 is 4.74 Å². The van der Waals surface area contributed by atoms with Gasteiger partial charge in [-0.15, -0.1) is 0 Å². The van der Waals surface area contributed by atoms with E-state index in [1.165, 1.54) is 33.4 Å². The molecule has 0 amide bonds. The van der Waals surface area contributed by atoms with Crippen LogP contribution in [0.25, 0.3) is 0 Å². The summed E-state index contributed by atoms with van der Waals surface area (Å²) in [6, 6.07) is 0. The largest absolute Gasteiger partial charge is 0.478 e. The van der Waals surface area contributed by atoms with Gasteiger partial charge in [-0.05, 0) is 68.5 Å². The molecule has 0 bridgehead atoms. The molecule has 0 radical (unpaired) electrons. The van der Waals surface area contributed by atoms with E-state index in [4.69, 9.17) is 4.74 Å². The molecule has 2 atom stereocenters. The molecule has 1 nitrogen and oxygen atoms in total. The smallest absolute Gasteiger partial charge is 0.147 e. The molecule has 1 aromatic carbocycles. The summed E-state index contributed by atoms with van der Waals surface area (Å²) in [7, 11) is 0. The van der Waals surface area contributed by atoms with Crippen LogP contribution < -0.4 is 4.74 Å². The van der Waals surface area contributed by atoms with Gasteiger partial charge in [-0.2, -0.15) is 0 Å². The van der Waals surface area contributed by atoms with Crippen molar-refractivity contribution >= 4 is 0 Å². The number of allylic oxidation sites excluding steroid dienone is 2. The van der Waals surface area contributed by atoms with Crippen LogP contribution in [0.2, 0.25) is 0 Å². The molecule has 1 aliphatic carbocycles. The summed E-state index contributed by atoms with van der Waals surface area (Å²) in [6.07, 6.45) is 6.52. The van der Waals surface area contributed by atoms with E-state index in [0.29, 0.717) is 5.92 Å². The molecule has 19 heavy (non-hydrogen) atoms. The summed E-state index contributed by atoms with van der Waals surface area (Å²) in [5.41, 5.74) is 7.97. The summed E-state index contributed by atoms with van der Waals surface area (Å²) in [5.74, 6) is 1.54. The summed E-state index contributed by atoms with van der Waals surface area (Å²) in [6.45, 7) is 13.3. The van der Waals surface area contributed by atoms with E-state index < -0.39 is 0 Å². The summed E-state index contributed by atoms with van der Waals surface area (Å²) in [5, 5.41) is 0. The van der Waals surface area contributed by atoms with Crippen molar-refractivity contribution in [3.8, 4) is 5.75 Å². The number of fused-ring (bicyclic) bond motifs is 2. The molecule has 0 saturated heterocycles. The number of hydrogen-bond donors (Lipinski definition) is 0. The molecular weight excluding hydrogens is 232 g/mol. The van der Waals surface area contributed by atoms with E-state index in [0.717, 1.165) is 5.75 Å². The maximum atomic E-state index is 6.41. The first-order chi connectivity index (χ1) is 8.87. The van der Waals surface area contributed by atoms with Crippen LogP contribution in [0.5, 0.6) is 5.75 Å². The predicted molar refractivity (Wildman–Crippen MR) is 80.1 cm³/mol. The summed E-state index contributed by atoms with van der Waals surface area (Å²) < 4.78 is 6.41. The van der Waals surface area contributed by atoms with Crippen molar-refractivity contribution in [1.29, 1.82) is 0 Å². The van der Waals surface area contributed by atoms with Crippen molar-refractivity contribution in [2.24, 2.45) is 0 Å². The second-order valence-electron chi connectivity index (χ2n) is 6.15. The second kappa shape index (κ2) is 3.75. The third-order valence-electron chi connectivity index (χ3n) is 5.15. The lowest BCUT2D eigenvalue weighted by Gasteiger charge is -2.40. The van der Waals surface area contributed by atoms with Crippen molar-refractivity contribution in [2.45, 2.75) is 53.1 Å². The van der Waals surface area contributed by atoms with E-state index in [1.807, 2.05) is 0 Å². The van der Waals surface area contributed by atoms with Gasteiger partial charge in [-0.3, -0.25) is 0 Å². The van der Waals surface area contributed by atoms with Gasteiger partial charge in [0.25, 0.3) is 0 Å². The van der Waals surface area contributed by atoms with Crippen molar-refractivity contribution in [1.82, 2.24) is 0 Å². The monoisotopic (exact) mass is 254 g/mol. The third-order valence-corrected chi connectivity index (χ3v) is 5.15. The van der Waals surface area contributed by atoms with Gasteiger partial charge in [0.15, 0.2) is 0 Å². The van der Waals surface area contributed by atoms with Crippen LogP contribution in [-0.2, 0) is 0 Å². The number of hydrogen-bond acceptors (Lipinski definition) is 1. The normalized spacial score (nSPS) is 27.7. The number of benzene rings is 1. The molecule has 1 heteroatoms. The first-order valence-electron chi connectivity index (χ1n) is 7.06. The quantitative estimate of drug-likeness (QED) is 0.653. The fraction of sp³-hybridized carbons (Fsp3) is 0.444. The molecular formula is C18H22O. The highest BCUT2D eigenvalue weighted by Gasteiger charge is 2.41. The molecule has 2 aliphatic rings. The van der Waals surface area contributed by atoms with Crippen LogP contribution in [0.1, 0.15) is 47.6 Å². The lowest BCUT2D eigenvalue weighted by atomic mass is 9.77. The minimum atomic E-state index is -0.245. The van der Waals surface area contributed by atoms with Crippen LogP contribution in [0, 0.1) is 27.7 Å². The highest BCUT2D eigenvalue weighted by Crippen LogP contribution is 2.50. The Morgan fingerprint density at radius 3 is 2.32 bits per heavy atom. The van der Waals surface area contributed by atoms with Crippen molar-refractivity contribution in [3.05, 3.63) is 51.6 Å². The van der Waals surface area contributed by atoms with E-state index in [-0.39, 0.29) is 5.60 Å². The molecule has 0 spiro atoms. The maximum absolute atomic E-state index is 6.41. The zero-order chi connectivity index (χ0) is 13.9. The standard InChI is InChI=1S/C18H22O/c1-10-11(2)13(4)17-16(12(10)3)14(5)15-8-7-9-18(15,6)19-17/h7-9,14H,1-6H3. The topological polar surface area (TPSA) is 9.23 Å². The van der Waals surface area contributed by atoms with Crippen LogP contribution >= 0.6 is 0 Å². The van der Waals surface area contributed by atoms with Gasteiger partial charge < -0.3 is 4.74 Å². The maximum Gasteiger partial charge on any atom is 0.147 e. The average Bonchev–Trinajstić information content (AvgIpc) is 2.76. The van der Waals surface area contributed by atoms with Gasteiger partial charge in [-0.1, -0.05) is 19.1 Å². The molecule has 0 fully saturated rings. The second-order valence-corrected chi connectivity index (χ2v) is 6.15. The van der Waals surface area contributed by atoms with E-state index >= 15 is 0 Å². The van der Waals surface area contributed by atoms with Gasteiger partial charge in [0.2, 0.25) is 0 Å². The Bertz CT molecular complexity index is 634. The lowest BCUT2D eigenvalue weighted by Crippen LogP contribution is -2.37. The van der Waals surface area contributed by atoms with Crippen LogP contribution in [0.15, 0.2) is 23.8 Å². The first kappa shape index (κ1) is 12.5. The van der Waals surface area contributed by atoms with Crippen molar-refractivity contribution in [2.75, 3.05) is 0 Å². The molecule has 2 unspecified atom stereocenters. The molecule has 0 N–H and O–H groups in total. The molecule has 0 saturated carbocycles. The van der Waals surface area contributed by atoms with E-state index in [9.17, 15) is 0 Å². The Balaban J connectivity index is 2.32. The average molecular weight is 254 g/mol. The number of rotatable bonds is 0. The Kier molecular flexibility index (Phi) is 2.47. The minimum absolute atomic E-state index is 0.245. The summed E-state index contributed by atoms with van der Waals surface area (Å²) >= 11 is 0. The fourth-order valence-corrected chi connectivity index (χ4v) is 3.59. The zero-order valence-corrected chi connectivity index (χ0v) is 12.7. The lowest BCUT2D eigenvalue weighted by molar-refractivity contribution is 0.158. The van der Waals surface area contributed by atoms with Crippen LogP contribution in [0.4, 0.5) is 0 Å². The molecule has 1 aliphatic heterocycles. The SMILES string of the molecule is Cc1c(C)c(C)c2c(c1C)OC1(C)C=CC=C1C2C. The van der Waals surface area contributed by atoms with Gasteiger partial charge >= 0.3 is 0 Å². The fourth-order valence-electron chi connectivity index (χ4n) is 3.59.